The second-order valence-corrected chi connectivity index (χ2v) is 9.12. The van der Waals surface area contributed by atoms with Crippen LogP contribution in [0.25, 0.3) is 0 Å². The molecule has 0 spiro atoms. The van der Waals surface area contributed by atoms with Crippen molar-refractivity contribution in [1.82, 2.24) is 0 Å². The van der Waals surface area contributed by atoms with E-state index in [0.717, 1.165) is 17.7 Å². The maximum absolute atomic E-state index is 11.6. The van der Waals surface area contributed by atoms with Crippen LogP contribution in [0.3, 0.4) is 0 Å². The lowest BCUT2D eigenvalue weighted by Gasteiger charge is -2.09. The first-order chi connectivity index (χ1) is 13.0. The molecule has 0 heterocycles. The second-order valence-electron chi connectivity index (χ2n) is 6.02. The van der Waals surface area contributed by atoms with Gasteiger partial charge in [0.25, 0.3) is 0 Å². The van der Waals surface area contributed by atoms with Crippen molar-refractivity contribution >= 4 is 38.8 Å². The molecule has 0 radical (unpaired) electrons. The maximum Gasteiger partial charge on any atom is 0.178 e. The molecule has 0 aliphatic carbocycles. The quantitative estimate of drug-likeness (QED) is 0.594. The molecule has 1 N–H and O–H groups in total. The molecule has 0 fully saturated rings. The van der Waals surface area contributed by atoms with Crippen LogP contribution in [0, 0.1) is 6.92 Å². The molecular weight excluding hydrogens is 423 g/mol. The highest BCUT2D eigenvalue weighted by Gasteiger charge is 2.13. The predicted molar refractivity (Wildman–Crippen MR) is 113 cm³/mol. The molecule has 5 nitrogen and oxygen atoms in total. The molecule has 2 aromatic rings. The van der Waals surface area contributed by atoms with Crippen LogP contribution in [-0.4, -0.2) is 31.7 Å². The number of ether oxygens (including phenoxy) is 1. The van der Waals surface area contributed by atoms with Crippen molar-refractivity contribution in [3.63, 3.8) is 0 Å². The number of phenols is 1. The summed E-state index contributed by atoms with van der Waals surface area (Å²) in [7, 11) is -3.11. The Morgan fingerprint density at radius 2 is 1.68 bits per heavy atom. The lowest BCUT2D eigenvalue weighted by molar-refractivity contribution is 0.101. The van der Waals surface area contributed by atoms with Crippen LogP contribution >= 0.6 is 23.2 Å². The average Bonchev–Trinajstić information content (AvgIpc) is 2.65. The summed E-state index contributed by atoms with van der Waals surface area (Å²) in [6.07, 6.45) is 0.939. The third kappa shape index (κ3) is 6.69. The molecule has 0 saturated heterocycles. The number of phenolic OH excluding ortho intramolecular Hbond substituents is 1. The molecule has 2 rings (SSSR count). The smallest absolute Gasteiger partial charge is 0.178 e. The van der Waals surface area contributed by atoms with Gasteiger partial charge in [0.1, 0.15) is 5.75 Å². The van der Waals surface area contributed by atoms with Crippen molar-refractivity contribution < 1.29 is 23.1 Å². The van der Waals surface area contributed by atoms with E-state index in [1.165, 1.54) is 19.1 Å². The van der Waals surface area contributed by atoms with Crippen LogP contribution in [0.4, 0.5) is 0 Å². The van der Waals surface area contributed by atoms with Gasteiger partial charge >= 0.3 is 0 Å². The molecule has 0 bridgehead atoms. The van der Waals surface area contributed by atoms with Crippen LogP contribution in [0.15, 0.2) is 35.2 Å². The molecule has 0 amide bonds. The van der Waals surface area contributed by atoms with Crippen molar-refractivity contribution in [2.75, 3.05) is 12.4 Å². The van der Waals surface area contributed by atoms with Gasteiger partial charge < -0.3 is 9.84 Å². The Morgan fingerprint density at radius 3 is 2.11 bits per heavy atom. The van der Waals surface area contributed by atoms with Crippen molar-refractivity contribution in [3.05, 3.63) is 51.5 Å². The zero-order valence-electron chi connectivity index (χ0n) is 16.3. The minimum atomic E-state index is -3.11. The highest BCUT2D eigenvalue weighted by atomic mass is 35.5. The van der Waals surface area contributed by atoms with Crippen molar-refractivity contribution in [1.29, 1.82) is 0 Å². The Balaban J connectivity index is 0.000000292. The minimum absolute atomic E-state index is 0.0905. The van der Waals surface area contributed by atoms with E-state index in [1.807, 2.05) is 13.8 Å². The van der Waals surface area contributed by atoms with Gasteiger partial charge in [0.2, 0.25) is 0 Å². The van der Waals surface area contributed by atoms with E-state index in [2.05, 4.69) is 0 Å². The van der Waals surface area contributed by atoms with E-state index in [-0.39, 0.29) is 27.3 Å². The maximum atomic E-state index is 11.6. The van der Waals surface area contributed by atoms with Crippen molar-refractivity contribution in [3.8, 4) is 11.5 Å². The second kappa shape index (κ2) is 10.7. The van der Waals surface area contributed by atoms with Crippen LogP contribution in [-0.2, 0) is 9.84 Å². The number of carbonyl (C=O) groups is 1. The first-order valence-corrected chi connectivity index (χ1v) is 11.1. The number of aromatic hydroxyl groups is 1. The zero-order chi connectivity index (χ0) is 21.5. The molecule has 0 aliphatic heterocycles. The SMILES string of the molecule is CC(=O)c1cc(Cl)c(O)c(Cl)c1.CCCOc1ccc(S(=O)(=O)CC)cc1C. The molecule has 154 valence electrons. The third-order valence-electron chi connectivity index (χ3n) is 3.77. The van der Waals surface area contributed by atoms with E-state index < -0.39 is 9.84 Å². The Bertz CT molecular complexity index is 917. The van der Waals surface area contributed by atoms with E-state index in [9.17, 15) is 13.2 Å². The van der Waals surface area contributed by atoms with Gasteiger partial charge in [-0.3, -0.25) is 4.79 Å². The van der Waals surface area contributed by atoms with Crippen LogP contribution in [0.5, 0.6) is 11.5 Å². The number of sulfone groups is 1. The number of hydrogen-bond acceptors (Lipinski definition) is 5. The van der Waals surface area contributed by atoms with Gasteiger partial charge in [0.15, 0.2) is 21.4 Å². The summed E-state index contributed by atoms with van der Waals surface area (Å²) in [4.78, 5) is 11.2. The topological polar surface area (TPSA) is 80.7 Å². The summed E-state index contributed by atoms with van der Waals surface area (Å²) >= 11 is 11.2. The lowest BCUT2D eigenvalue weighted by Crippen LogP contribution is -2.04. The van der Waals surface area contributed by atoms with Gasteiger partial charge in [0, 0.05) is 5.56 Å². The number of ketones is 1. The summed E-state index contributed by atoms with van der Waals surface area (Å²) in [6, 6.07) is 7.77. The number of hydrogen-bond donors (Lipinski definition) is 1. The monoisotopic (exact) mass is 446 g/mol. The number of aryl methyl sites for hydroxylation is 1. The average molecular weight is 447 g/mol. The summed E-state index contributed by atoms with van der Waals surface area (Å²) in [6.45, 7) is 7.59. The Kier molecular flexibility index (Phi) is 9.27. The number of carbonyl (C=O) groups excluding carboxylic acids is 1. The van der Waals surface area contributed by atoms with E-state index >= 15 is 0 Å². The van der Waals surface area contributed by atoms with Gasteiger partial charge in [-0.1, -0.05) is 37.0 Å². The van der Waals surface area contributed by atoms with E-state index in [4.69, 9.17) is 33.0 Å². The fourth-order valence-corrected chi connectivity index (χ4v) is 3.58. The number of benzene rings is 2. The predicted octanol–water partition coefficient (Wildman–Crippen LogP) is 5.48. The molecule has 2 aromatic carbocycles. The minimum Gasteiger partial charge on any atom is -0.505 e. The Hall–Kier alpha value is -1.76. The van der Waals surface area contributed by atoms with Crippen LogP contribution in [0.2, 0.25) is 10.0 Å². The Labute approximate surface area is 176 Å². The first-order valence-electron chi connectivity index (χ1n) is 8.68. The molecule has 0 atom stereocenters. The van der Waals surface area contributed by atoms with E-state index in [0.29, 0.717) is 17.1 Å². The van der Waals surface area contributed by atoms with Gasteiger partial charge in [-0.15, -0.1) is 0 Å². The number of rotatable bonds is 6. The normalized spacial score (nSPS) is 10.8. The van der Waals surface area contributed by atoms with Crippen LogP contribution < -0.4 is 4.74 Å². The molecule has 0 aliphatic rings. The van der Waals surface area contributed by atoms with Gasteiger partial charge in [-0.2, -0.15) is 0 Å². The standard InChI is InChI=1S/C12H18O3S.C8H6Cl2O2/c1-4-8-15-12-7-6-11(9-10(12)3)16(13,14)5-2;1-4(11)5-2-6(9)8(12)7(10)3-5/h6-7,9H,4-5,8H2,1-3H3;2-3,12H,1H3. The molecule has 0 aromatic heterocycles. The fourth-order valence-electron chi connectivity index (χ4n) is 2.12. The van der Waals surface area contributed by atoms with E-state index in [1.54, 1.807) is 25.1 Å². The largest absolute Gasteiger partial charge is 0.505 e. The number of Topliss-reactive ketones (excluding diaryl/α,β-unsaturated/α-hetero) is 1. The highest BCUT2D eigenvalue weighted by Crippen LogP contribution is 2.32. The van der Waals surface area contributed by atoms with Gasteiger partial charge in [0.05, 0.1) is 27.3 Å². The fraction of sp³-hybridized carbons (Fsp3) is 0.350. The first kappa shape index (κ1) is 24.3. The molecule has 28 heavy (non-hydrogen) atoms. The zero-order valence-corrected chi connectivity index (χ0v) is 18.6. The van der Waals surface area contributed by atoms with Gasteiger partial charge in [-0.25, -0.2) is 8.42 Å². The molecule has 8 heteroatoms. The summed E-state index contributed by atoms with van der Waals surface area (Å²) in [5.74, 6) is 0.556. The third-order valence-corrected chi connectivity index (χ3v) is 6.08. The number of halogens is 2. The highest BCUT2D eigenvalue weighted by molar-refractivity contribution is 7.91. The Morgan fingerprint density at radius 1 is 1.11 bits per heavy atom. The lowest BCUT2D eigenvalue weighted by atomic mass is 10.1. The van der Waals surface area contributed by atoms with Crippen LogP contribution in [0.1, 0.15) is 43.1 Å². The van der Waals surface area contributed by atoms with Crippen molar-refractivity contribution in [2.45, 2.75) is 39.0 Å². The van der Waals surface area contributed by atoms with Gasteiger partial charge in [-0.05, 0) is 56.2 Å². The van der Waals surface area contributed by atoms with Crippen molar-refractivity contribution in [2.24, 2.45) is 0 Å². The molecule has 0 unspecified atom stereocenters. The molecule has 0 saturated carbocycles. The summed E-state index contributed by atoms with van der Waals surface area (Å²) < 4.78 is 28.8. The summed E-state index contributed by atoms with van der Waals surface area (Å²) in [5.41, 5.74) is 1.26. The molecular formula is C20H24Cl2O5S. The summed E-state index contributed by atoms with van der Waals surface area (Å²) in [5, 5.41) is 9.32.